The number of hydrogen-bond donors (Lipinski definition) is 0. The van der Waals surface area contributed by atoms with Gasteiger partial charge in [-0.15, -0.1) is 0 Å². The van der Waals surface area contributed by atoms with Gasteiger partial charge in [-0.05, 0) is 51.4 Å². The van der Waals surface area contributed by atoms with Crippen LogP contribution < -0.4 is 0 Å². The van der Waals surface area contributed by atoms with Gasteiger partial charge < -0.3 is 0 Å². The molecule has 0 aliphatic heterocycles. The van der Waals surface area contributed by atoms with Gasteiger partial charge >= 0.3 is 0 Å². The van der Waals surface area contributed by atoms with E-state index in [1.807, 2.05) is 0 Å². The van der Waals surface area contributed by atoms with E-state index in [0.717, 1.165) is 5.92 Å². The zero-order valence-electron chi connectivity index (χ0n) is 10.4. The Kier molecular flexibility index (Phi) is 3.58. The Labute approximate surface area is 89.1 Å². The van der Waals surface area contributed by atoms with Crippen molar-refractivity contribution in [1.82, 2.24) is 0 Å². The maximum absolute atomic E-state index is 2.40. The van der Waals surface area contributed by atoms with E-state index in [1.54, 1.807) is 0 Å². The van der Waals surface area contributed by atoms with Crippen LogP contribution in [0.5, 0.6) is 0 Å². The summed E-state index contributed by atoms with van der Waals surface area (Å²) < 4.78 is 0. The Bertz CT molecular complexity index is 249. The van der Waals surface area contributed by atoms with Crippen molar-refractivity contribution in [1.29, 1.82) is 0 Å². The largest absolute Gasteiger partial charge is 0.0764 e. The van der Waals surface area contributed by atoms with E-state index in [-0.39, 0.29) is 0 Å². The third kappa shape index (κ3) is 3.01. The average molecular weight is 192 g/mol. The van der Waals surface area contributed by atoms with Crippen LogP contribution in [0.15, 0.2) is 23.3 Å². The first-order valence-electron chi connectivity index (χ1n) is 5.72. The average Bonchev–Trinajstić information content (AvgIpc) is 2.09. The molecule has 1 fully saturated rings. The lowest BCUT2D eigenvalue weighted by atomic mass is 9.61. The van der Waals surface area contributed by atoms with Crippen LogP contribution >= 0.6 is 0 Å². The highest BCUT2D eigenvalue weighted by molar-refractivity contribution is 5.15. The van der Waals surface area contributed by atoms with E-state index in [9.17, 15) is 0 Å². The third-order valence-corrected chi connectivity index (χ3v) is 3.51. The zero-order valence-corrected chi connectivity index (χ0v) is 10.4. The van der Waals surface area contributed by atoms with Crippen molar-refractivity contribution in [3.8, 4) is 0 Å². The van der Waals surface area contributed by atoms with Crippen molar-refractivity contribution < 1.29 is 0 Å². The molecular formula is C14H24. The fourth-order valence-electron chi connectivity index (χ4n) is 2.07. The van der Waals surface area contributed by atoms with Crippen molar-refractivity contribution in [3.63, 3.8) is 0 Å². The van der Waals surface area contributed by atoms with Crippen molar-refractivity contribution in [3.05, 3.63) is 23.3 Å². The van der Waals surface area contributed by atoms with E-state index >= 15 is 0 Å². The normalized spacial score (nSPS) is 25.5. The molecule has 0 amide bonds. The molecule has 1 saturated carbocycles. The highest BCUT2D eigenvalue weighted by Gasteiger charge is 2.37. The van der Waals surface area contributed by atoms with Gasteiger partial charge in [-0.25, -0.2) is 0 Å². The molecule has 0 heteroatoms. The highest BCUT2D eigenvalue weighted by atomic mass is 14.4. The van der Waals surface area contributed by atoms with E-state index in [2.05, 4.69) is 46.8 Å². The Morgan fingerprint density at radius 3 is 2.21 bits per heavy atom. The molecule has 0 nitrogen and oxygen atoms in total. The second kappa shape index (κ2) is 4.33. The summed E-state index contributed by atoms with van der Waals surface area (Å²) in [6.07, 6.45) is 8.63. The van der Waals surface area contributed by atoms with Gasteiger partial charge in [0.15, 0.2) is 0 Å². The molecule has 0 aromatic rings. The fourth-order valence-corrected chi connectivity index (χ4v) is 2.07. The summed E-state index contributed by atoms with van der Waals surface area (Å²) in [7, 11) is 0. The summed E-state index contributed by atoms with van der Waals surface area (Å²) in [5.74, 6) is 0.921. The first kappa shape index (κ1) is 11.6. The predicted molar refractivity (Wildman–Crippen MR) is 64.3 cm³/mol. The Morgan fingerprint density at radius 1 is 1.21 bits per heavy atom. The standard InChI is InChI=1S/C14H24/c1-11(2)6-7-12(3)10-13-8-9-14(13,4)5/h6-7,13H,8-10H2,1-5H3/b12-7+. The van der Waals surface area contributed by atoms with E-state index in [4.69, 9.17) is 0 Å². The van der Waals surface area contributed by atoms with Crippen molar-refractivity contribution >= 4 is 0 Å². The maximum atomic E-state index is 2.40. The van der Waals surface area contributed by atoms with Gasteiger partial charge in [0.1, 0.15) is 0 Å². The van der Waals surface area contributed by atoms with Crippen molar-refractivity contribution in [2.45, 2.75) is 53.9 Å². The number of rotatable bonds is 3. The quantitative estimate of drug-likeness (QED) is 0.567. The Hall–Kier alpha value is -0.520. The monoisotopic (exact) mass is 192 g/mol. The lowest BCUT2D eigenvalue weighted by Gasteiger charge is -2.45. The summed E-state index contributed by atoms with van der Waals surface area (Å²) in [4.78, 5) is 0. The third-order valence-electron chi connectivity index (χ3n) is 3.51. The van der Waals surface area contributed by atoms with Crippen LogP contribution in [0.2, 0.25) is 0 Å². The fraction of sp³-hybridized carbons (Fsp3) is 0.714. The van der Waals surface area contributed by atoms with Gasteiger partial charge in [0.05, 0.1) is 0 Å². The minimum atomic E-state index is 0.597. The topological polar surface area (TPSA) is 0 Å². The first-order valence-corrected chi connectivity index (χ1v) is 5.72. The second-order valence-corrected chi connectivity index (χ2v) is 5.69. The Morgan fingerprint density at radius 2 is 1.86 bits per heavy atom. The van der Waals surface area contributed by atoms with Crippen LogP contribution in [0.1, 0.15) is 53.9 Å². The lowest BCUT2D eigenvalue weighted by molar-refractivity contribution is 0.0727. The molecule has 1 unspecified atom stereocenters. The summed E-state index contributed by atoms with van der Waals surface area (Å²) >= 11 is 0. The highest BCUT2D eigenvalue weighted by Crippen LogP contribution is 2.48. The van der Waals surface area contributed by atoms with Crippen LogP contribution in [0.3, 0.4) is 0 Å². The van der Waals surface area contributed by atoms with E-state index < -0.39 is 0 Å². The maximum Gasteiger partial charge on any atom is -0.0286 e. The molecule has 14 heavy (non-hydrogen) atoms. The molecular weight excluding hydrogens is 168 g/mol. The Balaban J connectivity index is 2.45. The van der Waals surface area contributed by atoms with E-state index in [1.165, 1.54) is 30.4 Å². The number of allylic oxidation sites excluding steroid dienone is 4. The second-order valence-electron chi connectivity index (χ2n) is 5.69. The number of hydrogen-bond acceptors (Lipinski definition) is 0. The van der Waals surface area contributed by atoms with Crippen LogP contribution in [0.4, 0.5) is 0 Å². The van der Waals surface area contributed by atoms with Crippen molar-refractivity contribution in [2.75, 3.05) is 0 Å². The van der Waals surface area contributed by atoms with E-state index in [0.29, 0.717) is 5.41 Å². The molecule has 0 spiro atoms. The summed E-state index contributed by atoms with van der Waals surface area (Å²) in [5, 5.41) is 0. The van der Waals surface area contributed by atoms with Crippen LogP contribution in [0, 0.1) is 11.3 Å². The van der Waals surface area contributed by atoms with Gasteiger partial charge in [0.25, 0.3) is 0 Å². The predicted octanol–water partition coefficient (Wildman–Crippen LogP) is 4.73. The van der Waals surface area contributed by atoms with Crippen molar-refractivity contribution in [2.24, 2.45) is 11.3 Å². The molecule has 0 saturated heterocycles. The van der Waals surface area contributed by atoms with Crippen LogP contribution in [-0.4, -0.2) is 0 Å². The van der Waals surface area contributed by atoms with Gasteiger partial charge in [-0.3, -0.25) is 0 Å². The zero-order chi connectivity index (χ0) is 10.8. The molecule has 0 radical (unpaired) electrons. The molecule has 0 N–H and O–H groups in total. The van der Waals surface area contributed by atoms with Gasteiger partial charge in [-0.2, -0.15) is 0 Å². The minimum absolute atomic E-state index is 0.597. The molecule has 1 aliphatic rings. The van der Waals surface area contributed by atoms with Gasteiger partial charge in [-0.1, -0.05) is 37.1 Å². The molecule has 1 atom stereocenters. The molecule has 0 aromatic carbocycles. The molecule has 1 rings (SSSR count). The summed E-state index contributed by atoms with van der Waals surface area (Å²) in [6.45, 7) is 11.4. The molecule has 1 aliphatic carbocycles. The molecule has 0 aromatic heterocycles. The van der Waals surface area contributed by atoms with Gasteiger partial charge in [0.2, 0.25) is 0 Å². The van der Waals surface area contributed by atoms with Gasteiger partial charge in [0, 0.05) is 0 Å². The summed E-state index contributed by atoms with van der Waals surface area (Å²) in [6, 6.07) is 0. The minimum Gasteiger partial charge on any atom is -0.0764 e. The SMILES string of the molecule is CC(C)=C/C=C(\C)CC1CCC1(C)C. The van der Waals surface area contributed by atoms with Crippen LogP contribution in [0.25, 0.3) is 0 Å². The van der Waals surface area contributed by atoms with Crippen LogP contribution in [-0.2, 0) is 0 Å². The lowest BCUT2D eigenvalue weighted by Crippen LogP contribution is -2.34. The smallest absolute Gasteiger partial charge is 0.0286 e. The molecule has 0 heterocycles. The molecule has 80 valence electrons. The summed E-state index contributed by atoms with van der Waals surface area (Å²) in [5.41, 5.74) is 3.52. The molecule has 0 bridgehead atoms. The first-order chi connectivity index (χ1) is 6.42.